The van der Waals surface area contributed by atoms with E-state index in [1.807, 2.05) is 25.1 Å². The van der Waals surface area contributed by atoms with Crippen molar-refractivity contribution in [1.29, 1.82) is 0 Å². The largest absolute Gasteiger partial charge is 0.491 e. The van der Waals surface area contributed by atoms with E-state index in [0.29, 0.717) is 5.02 Å². The maximum atomic E-state index is 6.12. The summed E-state index contributed by atoms with van der Waals surface area (Å²) in [7, 11) is 0. The van der Waals surface area contributed by atoms with Gasteiger partial charge in [-0.2, -0.15) is 12.6 Å². The number of ether oxygens (including phenoxy) is 1. The lowest BCUT2D eigenvalue weighted by Crippen LogP contribution is -2.37. The zero-order chi connectivity index (χ0) is 11.6. The van der Waals surface area contributed by atoms with E-state index in [9.17, 15) is 0 Å². The van der Waals surface area contributed by atoms with Crippen LogP contribution in [-0.2, 0) is 0 Å². The number of aryl methyl sites for hydroxylation is 1. The Morgan fingerprint density at radius 1 is 1.44 bits per heavy atom. The quantitative estimate of drug-likeness (QED) is 0.797. The molecule has 1 nitrogen and oxygen atoms in total. The van der Waals surface area contributed by atoms with E-state index in [-0.39, 0.29) is 5.41 Å². The Morgan fingerprint density at radius 3 is 2.69 bits per heavy atom. The molecule has 0 aliphatic heterocycles. The van der Waals surface area contributed by atoms with Crippen LogP contribution in [0.5, 0.6) is 5.75 Å². The van der Waals surface area contributed by atoms with E-state index in [1.165, 1.54) is 19.3 Å². The Bertz CT molecular complexity index is 369. The third-order valence-corrected chi connectivity index (χ3v) is 4.34. The van der Waals surface area contributed by atoms with Crippen molar-refractivity contribution in [3.05, 3.63) is 28.8 Å². The zero-order valence-electron chi connectivity index (χ0n) is 9.50. The average Bonchev–Trinajstić information content (AvgIpc) is 2.19. The molecule has 0 bridgehead atoms. The Kier molecular flexibility index (Phi) is 3.70. The second kappa shape index (κ2) is 4.89. The van der Waals surface area contributed by atoms with Crippen LogP contribution in [0, 0.1) is 12.3 Å². The molecule has 1 fully saturated rings. The van der Waals surface area contributed by atoms with Gasteiger partial charge in [-0.3, -0.25) is 0 Å². The van der Waals surface area contributed by atoms with Gasteiger partial charge in [-0.25, -0.2) is 0 Å². The minimum Gasteiger partial charge on any atom is -0.491 e. The fourth-order valence-corrected chi connectivity index (χ4v) is 2.68. The number of halogens is 1. The summed E-state index contributed by atoms with van der Waals surface area (Å²) in [4.78, 5) is 0. The van der Waals surface area contributed by atoms with Crippen LogP contribution in [0.2, 0.25) is 5.02 Å². The molecule has 0 spiro atoms. The molecule has 1 aromatic rings. The highest BCUT2D eigenvalue weighted by molar-refractivity contribution is 7.80. The van der Waals surface area contributed by atoms with E-state index < -0.39 is 0 Å². The summed E-state index contributed by atoms with van der Waals surface area (Å²) >= 11 is 10.5. The monoisotopic (exact) mass is 256 g/mol. The van der Waals surface area contributed by atoms with Gasteiger partial charge in [0, 0.05) is 5.41 Å². The molecule has 3 heteroatoms. The molecular formula is C13H17ClOS. The van der Waals surface area contributed by atoms with Crippen molar-refractivity contribution in [2.75, 3.05) is 12.4 Å². The zero-order valence-corrected chi connectivity index (χ0v) is 11.2. The van der Waals surface area contributed by atoms with Gasteiger partial charge >= 0.3 is 0 Å². The van der Waals surface area contributed by atoms with Gasteiger partial charge in [0.05, 0.1) is 11.6 Å². The van der Waals surface area contributed by atoms with E-state index in [4.69, 9.17) is 16.3 Å². The second-order valence-electron chi connectivity index (χ2n) is 4.73. The Hall–Kier alpha value is -0.340. The van der Waals surface area contributed by atoms with E-state index in [2.05, 4.69) is 12.6 Å². The van der Waals surface area contributed by atoms with Crippen molar-refractivity contribution >= 4 is 24.2 Å². The molecule has 1 aliphatic carbocycles. The lowest BCUT2D eigenvalue weighted by Gasteiger charge is -2.40. The van der Waals surface area contributed by atoms with Crippen LogP contribution in [0.25, 0.3) is 0 Å². The van der Waals surface area contributed by atoms with Gasteiger partial charge in [0.2, 0.25) is 0 Å². The lowest BCUT2D eigenvalue weighted by molar-refractivity contribution is 0.0830. The fourth-order valence-electron chi connectivity index (χ4n) is 1.98. The molecule has 2 rings (SSSR count). The first-order valence-electron chi connectivity index (χ1n) is 5.65. The number of hydrogen-bond donors (Lipinski definition) is 1. The van der Waals surface area contributed by atoms with Crippen molar-refractivity contribution in [1.82, 2.24) is 0 Å². The number of benzene rings is 1. The van der Waals surface area contributed by atoms with Gasteiger partial charge in [0.25, 0.3) is 0 Å². The van der Waals surface area contributed by atoms with Crippen LogP contribution in [0.3, 0.4) is 0 Å². The average molecular weight is 257 g/mol. The summed E-state index contributed by atoms with van der Waals surface area (Å²) in [6.07, 6.45) is 3.74. The summed E-state index contributed by atoms with van der Waals surface area (Å²) in [5.74, 6) is 1.69. The molecule has 0 heterocycles. The molecule has 0 radical (unpaired) electrons. The van der Waals surface area contributed by atoms with Crippen molar-refractivity contribution in [3.8, 4) is 5.75 Å². The van der Waals surface area contributed by atoms with Crippen LogP contribution >= 0.6 is 24.2 Å². The minimum absolute atomic E-state index is 0.289. The van der Waals surface area contributed by atoms with Crippen molar-refractivity contribution < 1.29 is 4.74 Å². The van der Waals surface area contributed by atoms with E-state index in [0.717, 1.165) is 23.7 Å². The summed E-state index contributed by atoms with van der Waals surface area (Å²) in [6, 6.07) is 5.91. The first-order valence-corrected chi connectivity index (χ1v) is 6.66. The molecule has 0 aromatic heterocycles. The molecule has 0 atom stereocenters. The number of thiol groups is 1. The third-order valence-electron chi connectivity index (χ3n) is 3.37. The predicted octanol–water partition coefficient (Wildman–Crippen LogP) is 4.13. The van der Waals surface area contributed by atoms with Gasteiger partial charge in [0.15, 0.2) is 0 Å². The highest BCUT2D eigenvalue weighted by Crippen LogP contribution is 2.42. The standard InChI is InChI=1S/C13H17ClOS/c1-10-3-4-12(11(14)7-10)15-8-13(9-16)5-2-6-13/h3-4,7,16H,2,5-6,8-9H2,1H3. The topological polar surface area (TPSA) is 9.23 Å². The summed E-state index contributed by atoms with van der Waals surface area (Å²) in [5.41, 5.74) is 1.45. The van der Waals surface area contributed by atoms with E-state index >= 15 is 0 Å². The number of rotatable bonds is 4. The van der Waals surface area contributed by atoms with Gasteiger partial charge in [-0.15, -0.1) is 0 Å². The molecule has 0 N–H and O–H groups in total. The third kappa shape index (κ3) is 2.49. The predicted molar refractivity (Wildman–Crippen MR) is 71.8 cm³/mol. The smallest absolute Gasteiger partial charge is 0.137 e. The molecule has 1 aliphatic rings. The Balaban J connectivity index is 1.99. The summed E-state index contributed by atoms with van der Waals surface area (Å²) in [5, 5.41) is 0.702. The first kappa shape index (κ1) is 12.1. The Morgan fingerprint density at radius 2 is 2.19 bits per heavy atom. The van der Waals surface area contributed by atoms with Gasteiger partial charge < -0.3 is 4.74 Å². The van der Waals surface area contributed by atoms with Crippen LogP contribution in [-0.4, -0.2) is 12.4 Å². The molecule has 0 amide bonds. The van der Waals surface area contributed by atoms with Gasteiger partial charge in [-0.1, -0.05) is 24.1 Å². The molecule has 1 aromatic carbocycles. The maximum Gasteiger partial charge on any atom is 0.137 e. The molecular weight excluding hydrogens is 240 g/mol. The van der Waals surface area contributed by atoms with Crippen molar-refractivity contribution in [2.24, 2.45) is 5.41 Å². The Labute approximate surface area is 108 Å². The molecule has 16 heavy (non-hydrogen) atoms. The summed E-state index contributed by atoms with van der Waals surface area (Å²) in [6.45, 7) is 2.76. The van der Waals surface area contributed by atoms with Crippen molar-refractivity contribution in [2.45, 2.75) is 26.2 Å². The molecule has 1 saturated carbocycles. The lowest BCUT2D eigenvalue weighted by atomic mass is 9.71. The normalized spacial score (nSPS) is 17.9. The maximum absolute atomic E-state index is 6.12. The van der Waals surface area contributed by atoms with E-state index in [1.54, 1.807) is 0 Å². The highest BCUT2D eigenvalue weighted by atomic mass is 35.5. The van der Waals surface area contributed by atoms with Gasteiger partial charge in [-0.05, 0) is 43.2 Å². The molecule has 88 valence electrons. The highest BCUT2D eigenvalue weighted by Gasteiger charge is 2.36. The minimum atomic E-state index is 0.289. The SMILES string of the molecule is Cc1ccc(OCC2(CS)CCC2)c(Cl)c1. The molecule has 0 saturated heterocycles. The first-order chi connectivity index (χ1) is 7.65. The second-order valence-corrected chi connectivity index (χ2v) is 5.46. The van der Waals surface area contributed by atoms with Gasteiger partial charge in [0.1, 0.15) is 5.75 Å². The summed E-state index contributed by atoms with van der Waals surface area (Å²) < 4.78 is 5.81. The fraction of sp³-hybridized carbons (Fsp3) is 0.538. The number of hydrogen-bond acceptors (Lipinski definition) is 2. The van der Waals surface area contributed by atoms with Crippen LogP contribution in [0.15, 0.2) is 18.2 Å². The van der Waals surface area contributed by atoms with Crippen LogP contribution in [0.4, 0.5) is 0 Å². The molecule has 0 unspecified atom stereocenters. The van der Waals surface area contributed by atoms with Crippen LogP contribution in [0.1, 0.15) is 24.8 Å². The van der Waals surface area contributed by atoms with Crippen molar-refractivity contribution in [3.63, 3.8) is 0 Å². The van der Waals surface area contributed by atoms with Crippen LogP contribution < -0.4 is 4.74 Å².